The van der Waals surface area contributed by atoms with E-state index in [4.69, 9.17) is 18.9 Å². The predicted molar refractivity (Wildman–Crippen MR) is 92.9 cm³/mol. The largest absolute Gasteiger partial charge is 0.391 e. The third kappa shape index (κ3) is 3.18. The monoisotopic (exact) mass is 344 g/mol. The van der Waals surface area contributed by atoms with Gasteiger partial charge in [0.1, 0.15) is 18.3 Å². The molecule has 4 rings (SSSR count). The van der Waals surface area contributed by atoms with Crippen molar-refractivity contribution in [3.8, 4) is 0 Å². The molecule has 2 heterocycles. The summed E-state index contributed by atoms with van der Waals surface area (Å²) in [5.74, 6) is -0.708. The zero-order valence-electron chi connectivity index (χ0n) is 14.7. The fraction of sp³-hybridized carbons (Fsp3) is 0.500. The van der Waals surface area contributed by atoms with Gasteiger partial charge in [0.05, 0.1) is 12.7 Å². The van der Waals surface area contributed by atoms with Crippen molar-refractivity contribution < 1.29 is 24.1 Å². The Kier molecular flexibility index (Phi) is 4.30. The number of aliphatic hydroxyl groups is 1. The summed E-state index contributed by atoms with van der Waals surface area (Å²) in [6, 6.07) is 14.4. The first-order valence-electron chi connectivity index (χ1n) is 8.72. The molecule has 0 aliphatic carbocycles. The van der Waals surface area contributed by atoms with Gasteiger partial charge in [-0.3, -0.25) is 0 Å². The van der Waals surface area contributed by atoms with Crippen LogP contribution < -0.4 is 0 Å². The lowest BCUT2D eigenvalue weighted by Gasteiger charge is -2.27. The van der Waals surface area contributed by atoms with Crippen LogP contribution in [0.2, 0.25) is 0 Å². The molecule has 0 radical (unpaired) electrons. The van der Waals surface area contributed by atoms with E-state index in [1.807, 2.05) is 32.0 Å². The van der Waals surface area contributed by atoms with Crippen LogP contribution in [0.4, 0.5) is 0 Å². The van der Waals surface area contributed by atoms with Gasteiger partial charge >= 0.3 is 0 Å². The second-order valence-electron chi connectivity index (χ2n) is 7.22. The molecule has 0 aromatic heterocycles. The maximum Gasteiger partial charge on any atom is 0.190 e. The molecule has 0 amide bonds. The van der Waals surface area contributed by atoms with Crippen molar-refractivity contribution in [1.29, 1.82) is 0 Å². The van der Waals surface area contributed by atoms with Crippen LogP contribution in [0.25, 0.3) is 10.8 Å². The standard InChI is InChI=1S/C20H24O5/c1-12(21)16-17(18-19(23-16)25-20(2,3)24-18)22-11-14-9-6-8-13-7-4-5-10-15(13)14/h4-10,12,16-19,21H,11H2,1-3H3/t12-,16-,17+,18-,19-/m1/s1. The highest BCUT2D eigenvalue weighted by molar-refractivity contribution is 5.85. The molecule has 2 aromatic rings. The molecule has 2 aliphatic heterocycles. The molecular formula is C20H24O5. The summed E-state index contributed by atoms with van der Waals surface area (Å²) in [5.41, 5.74) is 1.10. The number of fused-ring (bicyclic) bond motifs is 2. The van der Waals surface area contributed by atoms with E-state index in [0.29, 0.717) is 6.61 Å². The number of aliphatic hydroxyl groups excluding tert-OH is 1. The molecular weight excluding hydrogens is 320 g/mol. The third-order valence-corrected chi connectivity index (χ3v) is 4.81. The van der Waals surface area contributed by atoms with Crippen molar-refractivity contribution in [3.63, 3.8) is 0 Å². The fourth-order valence-electron chi connectivity index (χ4n) is 3.69. The smallest absolute Gasteiger partial charge is 0.190 e. The summed E-state index contributed by atoms with van der Waals surface area (Å²) < 4.78 is 23.8. The topological polar surface area (TPSA) is 57.2 Å². The van der Waals surface area contributed by atoms with Crippen molar-refractivity contribution in [1.82, 2.24) is 0 Å². The average molecular weight is 344 g/mol. The predicted octanol–water partition coefficient (Wildman–Crippen LogP) is 2.98. The Labute approximate surface area is 147 Å². The highest BCUT2D eigenvalue weighted by Crippen LogP contribution is 2.40. The SMILES string of the molecule is C[C@@H](O)[C@H]1O[C@@H]2OC(C)(C)O[C@@H]2[C@H]1OCc1cccc2ccccc12. The highest BCUT2D eigenvalue weighted by atomic mass is 16.8. The van der Waals surface area contributed by atoms with Crippen LogP contribution in [0, 0.1) is 0 Å². The van der Waals surface area contributed by atoms with Crippen LogP contribution in [-0.4, -0.2) is 41.6 Å². The van der Waals surface area contributed by atoms with Crippen LogP contribution in [0.5, 0.6) is 0 Å². The number of ether oxygens (including phenoxy) is 4. The van der Waals surface area contributed by atoms with Gasteiger partial charge in [0.25, 0.3) is 0 Å². The summed E-state index contributed by atoms with van der Waals surface area (Å²) in [7, 11) is 0. The van der Waals surface area contributed by atoms with Crippen LogP contribution in [0.15, 0.2) is 42.5 Å². The minimum absolute atomic E-state index is 0.343. The van der Waals surface area contributed by atoms with Crippen molar-refractivity contribution in [2.45, 2.75) is 63.9 Å². The van der Waals surface area contributed by atoms with E-state index in [9.17, 15) is 5.11 Å². The van der Waals surface area contributed by atoms with E-state index in [2.05, 4.69) is 24.3 Å². The molecule has 0 unspecified atom stereocenters. The van der Waals surface area contributed by atoms with E-state index in [1.165, 1.54) is 5.39 Å². The molecule has 134 valence electrons. The first kappa shape index (κ1) is 16.9. The van der Waals surface area contributed by atoms with Crippen LogP contribution in [-0.2, 0) is 25.6 Å². The first-order chi connectivity index (χ1) is 11.9. The van der Waals surface area contributed by atoms with E-state index >= 15 is 0 Å². The van der Waals surface area contributed by atoms with E-state index in [-0.39, 0.29) is 12.2 Å². The normalized spacial score (nSPS) is 32.0. The Balaban J connectivity index is 1.55. The Morgan fingerprint density at radius 3 is 2.68 bits per heavy atom. The van der Waals surface area contributed by atoms with Gasteiger partial charge in [-0.2, -0.15) is 0 Å². The second-order valence-corrected chi connectivity index (χ2v) is 7.22. The van der Waals surface area contributed by atoms with Crippen molar-refractivity contribution in [3.05, 3.63) is 48.0 Å². The summed E-state index contributed by atoms with van der Waals surface area (Å²) >= 11 is 0. The molecule has 25 heavy (non-hydrogen) atoms. The molecule has 2 aliphatic rings. The number of rotatable bonds is 4. The lowest BCUT2D eigenvalue weighted by atomic mass is 10.0. The zero-order valence-corrected chi connectivity index (χ0v) is 14.7. The van der Waals surface area contributed by atoms with Gasteiger partial charge in [0.15, 0.2) is 12.1 Å². The highest BCUT2D eigenvalue weighted by Gasteiger charge is 2.56. The maximum atomic E-state index is 10.1. The van der Waals surface area contributed by atoms with E-state index in [0.717, 1.165) is 10.9 Å². The van der Waals surface area contributed by atoms with Crippen LogP contribution in [0.3, 0.4) is 0 Å². The number of benzene rings is 2. The average Bonchev–Trinajstić information content (AvgIpc) is 3.05. The molecule has 5 heteroatoms. The van der Waals surface area contributed by atoms with E-state index in [1.54, 1.807) is 6.92 Å². The molecule has 2 fully saturated rings. The maximum absolute atomic E-state index is 10.1. The van der Waals surface area contributed by atoms with Gasteiger partial charge in [-0.15, -0.1) is 0 Å². The Bertz CT molecular complexity index is 751. The summed E-state index contributed by atoms with van der Waals surface area (Å²) in [4.78, 5) is 0. The Morgan fingerprint density at radius 1 is 1.12 bits per heavy atom. The van der Waals surface area contributed by atoms with Gasteiger partial charge in [-0.1, -0.05) is 42.5 Å². The fourth-order valence-corrected chi connectivity index (χ4v) is 3.69. The van der Waals surface area contributed by atoms with Gasteiger partial charge in [0.2, 0.25) is 0 Å². The van der Waals surface area contributed by atoms with Gasteiger partial charge < -0.3 is 24.1 Å². The molecule has 5 atom stereocenters. The van der Waals surface area contributed by atoms with Crippen LogP contribution >= 0.6 is 0 Å². The molecule has 0 saturated carbocycles. The van der Waals surface area contributed by atoms with Gasteiger partial charge in [0, 0.05) is 0 Å². The van der Waals surface area contributed by atoms with Crippen molar-refractivity contribution in [2.24, 2.45) is 0 Å². The third-order valence-electron chi connectivity index (χ3n) is 4.81. The Hall–Kier alpha value is -1.50. The minimum atomic E-state index is -0.708. The van der Waals surface area contributed by atoms with Crippen molar-refractivity contribution >= 4 is 10.8 Å². The molecule has 2 saturated heterocycles. The molecule has 2 aromatic carbocycles. The Morgan fingerprint density at radius 2 is 1.88 bits per heavy atom. The molecule has 0 bridgehead atoms. The summed E-state index contributed by atoms with van der Waals surface area (Å²) in [6.45, 7) is 5.83. The molecule has 5 nitrogen and oxygen atoms in total. The summed E-state index contributed by atoms with van der Waals surface area (Å²) in [6.07, 6.45) is -2.37. The number of hydrogen-bond acceptors (Lipinski definition) is 5. The second kappa shape index (κ2) is 6.34. The zero-order chi connectivity index (χ0) is 17.6. The number of hydrogen-bond donors (Lipinski definition) is 1. The molecule has 0 spiro atoms. The first-order valence-corrected chi connectivity index (χ1v) is 8.72. The minimum Gasteiger partial charge on any atom is -0.391 e. The molecule has 1 N–H and O–H groups in total. The van der Waals surface area contributed by atoms with Crippen molar-refractivity contribution in [2.75, 3.05) is 0 Å². The summed E-state index contributed by atoms with van der Waals surface area (Å²) in [5, 5.41) is 12.4. The van der Waals surface area contributed by atoms with E-state index < -0.39 is 24.3 Å². The lowest BCUT2D eigenvalue weighted by Crippen LogP contribution is -2.41. The van der Waals surface area contributed by atoms with Gasteiger partial charge in [-0.05, 0) is 37.1 Å². The quantitative estimate of drug-likeness (QED) is 0.924. The van der Waals surface area contributed by atoms with Crippen LogP contribution in [0.1, 0.15) is 26.3 Å². The van der Waals surface area contributed by atoms with Gasteiger partial charge in [-0.25, -0.2) is 0 Å². The lowest BCUT2D eigenvalue weighted by molar-refractivity contribution is -0.229.